The number of hydrogen-bond acceptors (Lipinski definition) is 7. The first-order chi connectivity index (χ1) is 13.5. The molecule has 0 bridgehead atoms. The van der Waals surface area contributed by atoms with E-state index in [1.54, 1.807) is 12.1 Å². The van der Waals surface area contributed by atoms with Crippen LogP contribution in [0.2, 0.25) is 5.02 Å². The van der Waals surface area contributed by atoms with Crippen LogP contribution in [-0.4, -0.2) is 26.5 Å². The third kappa shape index (κ3) is 4.58. The van der Waals surface area contributed by atoms with Gasteiger partial charge in [0.1, 0.15) is 17.3 Å². The van der Waals surface area contributed by atoms with Crippen molar-refractivity contribution in [2.75, 3.05) is 6.61 Å². The van der Waals surface area contributed by atoms with Crippen LogP contribution in [0.15, 0.2) is 27.2 Å². The molecule has 0 atom stereocenters. The topological polar surface area (TPSA) is 131 Å². The molecule has 0 spiro atoms. The molecule has 154 valence electrons. The van der Waals surface area contributed by atoms with Crippen LogP contribution in [0.4, 0.5) is 11.4 Å². The number of aromatic nitrogens is 1. The average molecular weight is 419 g/mol. The Bertz CT molecular complexity index is 1060. The number of aliphatic hydroxyl groups is 1. The van der Waals surface area contributed by atoms with Crippen molar-refractivity contribution in [3.63, 3.8) is 0 Å². The van der Waals surface area contributed by atoms with Gasteiger partial charge in [-0.05, 0) is 36.5 Å². The van der Waals surface area contributed by atoms with Crippen molar-refractivity contribution in [2.24, 2.45) is 10.2 Å². The molecule has 0 aliphatic rings. The number of hydrogen-bond donors (Lipinski definition) is 3. The van der Waals surface area contributed by atoms with Crippen molar-refractivity contribution < 1.29 is 15.3 Å². The van der Waals surface area contributed by atoms with E-state index in [9.17, 15) is 20.3 Å². The molecule has 0 saturated carbocycles. The molecule has 1 heterocycles. The standard InChI is InChI=1S/C20H23ClN4O4/c1-11-13(10-22)18(28)25(6-5-7-26)19(29)16(11)24-23-15-9-12(20(2,3)4)8-14(21)17(15)27/h8-9,26-28H,5-7H2,1-4H3. The van der Waals surface area contributed by atoms with Gasteiger partial charge in [0.15, 0.2) is 11.4 Å². The van der Waals surface area contributed by atoms with E-state index in [0.29, 0.717) is 0 Å². The Hall–Kier alpha value is -2.89. The van der Waals surface area contributed by atoms with Crippen LogP contribution in [-0.2, 0) is 12.0 Å². The Morgan fingerprint density at radius 2 is 1.90 bits per heavy atom. The predicted octanol–water partition coefficient (Wildman–Crippen LogP) is 4.19. The fourth-order valence-electron chi connectivity index (χ4n) is 2.69. The van der Waals surface area contributed by atoms with Crippen LogP contribution in [0.5, 0.6) is 11.6 Å². The number of phenols is 1. The zero-order valence-electron chi connectivity index (χ0n) is 16.7. The quantitative estimate of drug-likeness (QED) is 0.626. The lowest BCUT2D eigenvalue weighted by Crippen LogP contribution is -2.22. The highest BCUT2D eigenvalue weighted by molar-refractivity contribution is 6.32. The minimum absolute atomic E-state index is 0.00916. The highest BCUT2D eigenvalue weighted by Gasteiger charge is 2.20. The summed E-state index contributed by atoms with van der Waals surface area (Å²) in [6.07, 6.45) is 0.210. The van der Waals surface area contributed by atoms with E-state index >= 15 is 0 Å². The fourth-order valence-corrected chi connectivity index (χ4v) is 2.91. The number of aromatic hydroxyl groups is 2. The number of phenolic OH excluding ortho intramolecular Hbond substituents is 1. The molecule has 1 aromatic carbocycles. The number of nitriles is 1. The Morgan fingerprint density at radius 1 is 1.24 bits per heavy atom. The number of azo groups is 1. The second-order valence-electron chi connectivity index (χ2n) is 7.59. The molecule has 1 aromatic heterocycles. The van der Waals surface area contributed by atoms with Gasteiger partial charge in [0.05, 0.1) is 5.02 Å². The summed E-state index contributed by atoms with van der Waals surface area (Å²) in [5, 5.41) is 46.9. The smallest absolute Gasteiger partial charge is 0.281 e. The van der Waals surface area contributed by atoms with Gasteiger partial charge in [-0.15, -0.1) is 10.2 Å². The van der Waals surface area contributed by atoms with Gasteiger partial charge in [0.2, 0.25) is 5.88 Å². The van der Waals surface area contributed by atoms with Gasteiger partial charge in [-0.1, -0.05) is 32.4 Å². The highest BCUT2D eigenvalue weighted by atomic mass is 35.5. The lowest BCUT2D eigenvalue weighted by molar-refractivity contribution is 0.274. The van der Waals surface area contributed by atoms with E-state index in [1.807, 2.05) is 26.8 Å². The maximum Gasteiger partial charge on any atom is 0.281 e. The Labute approximate surface area is 173 Å². The zero-order valence-corrected chi connectivity index (χ0v) is 17.4. The van der Waals surface area contributed by atoms with Crippen molar-refractivity contribution in [1.29, 1.82) is 5.26 Å². The molecule has 0 radical (unpaired) electrons. The van der Waals surface area contributed by atoms with Crippen molar-refractivity contribution in [3.05, 3.63) is 44.2 Å². The summed E-state index contributed by atoms with van der Waals surface area (Å²) in [5.74, 6) is -0.760. The molecule has 3 N–H and O–H groups in total. The first-order valence-electron chi connectivity index (χ1n) is 8.95. The highest BCUT2D eigenvalue weighted by Crippen LogP contribution is 2.39. The molecule has 29 heavy (non-hydrogen) atoms. The minimum Gasteiger partial charge on any atom is -0.504 e. The number of pyridine rings is 1. The summed E-state index contributed by atoms with van der Waals surface area (Å²) in [6, 6.07) is 5.11. The molecule has 0 amide bonds. The molecule has 9 heteroatoms. The molecule has 2 aromatic rings. The monoisotopic (exact) mass is 418 g/mol. The summed E-state index contributed by atoms with van der Waals surface area (Å²) in [7, 11) is 0. The SMILES string of the molecule is Cc1c(C#N)c(O)n(CCCO)c(=O)c1N=Nc1cc(C(C)(C)C)cc(Cl)c1O. The van der Waals surface area contributed by atoms with Crippen molar-refractivity contribution >= 4 is 23.0 Å². The minimum atomic E-state index is -0.659. The summed E-state index contributed by atoms with van der Waals surface area (Å²) in [4.78, 5) is 12.8. The molecule has 0 aliphatic heterocycles. The normalized spacial score (nSPS) is 11.8. The molecule has 0 unspecified atom stereocenters. The molecule has 0 saturated heterocycles. The average Bonchev–Trinajstić information content (AvgIpc) is 2.64. The summed E-state index contributed by atoms with van der Waals surface area (Å²) < 4.78 is 0.967. The largest absolute Gasteiger partial charge is 0.504 e. The van der Waals surface area contributed by atoms with E-state index < -0.39 is 11.4 Å². The Morgan fingerprint density at radius 3 is 2.45 bits per heavy atom. The van der Waals surface area contributed by atoms with Crippen LogP contribution < -0.4 is 5.56 Å². The number of aliphatic hydroxyl groups excluding tert-OH is 1. The second kappa shape index (κ2) is 8.64. The fraction of sp³-hybridized carbons (Fsp3) is 0.400. The number of halogens is 1. The van der Waals surface area contributed by atoms with Crippen molar-refractivity contribution in [2.45, 2.75) is 46.1 Å². The molecular formula is C20H23ClN4O4. The van der Waals surface area contributed by atoms with Gasteiger partial charge >= 0.3 is 0 Å². The molecular weight excluding hydrogens is 396 g/mol. The predicted molar refractivity (Wildman–Crippen MR) is 110 cm³/mol. The van der Waals surface area contributed by atoms with Crippen LogP contribution in [0.1, 0.15) is 43.9 Å². The van der Waals surface area contributed by atoms with E-state index in [1.165, 1.54) is 6.92 Å². The lowest BCUT2D eigenvalue weighted by Gasteiger charge is -2.20. The van der Waals surface area contributed by atoms with E-state index in [2.05, 4.69) is 10.2 Å². The maximum atomic E-state index is 12.8. The van der Waals surface area contributed by atoms with Gasteiger partial charge in [0.25, 0.3) is 5.56 Å². The zero-order chi connectivity index (χ0) is 21.9. The van der Waals surface area contributed by atoms with Gasteiger partial charge in [0, 0.05) is 18.7 Å². The first-order valence-corrected chi connectivity index (χ1v) is 9.32. The van der Waals surface area contributed by atoms with Crippen LogP contribution in [0.25, 0.3) is 0 Å². The first kappa shape index (κ1) is 22.4. The molecule has 0 fully saturated rings. The number of benzene rings is 1. The third-order valence-corrected chi connectivity index (χ3v) is 4.76. The summed E-state index contributed by atoms with van der Waals surface area (Å²) in [6.45, 7) is 7.21. The lowest BCUT2D eigenvalue weighted by atomic mass is 9.87. The maximum absolute atomic E-state index is 12.8. The van der Waals surface area contributed by atoms with Crippen LogP contribution in [0, 0.1) is 18.3 Å². The Kier molecular flexibility index (Phi) is 6.67. The molecule has 8 nitrogen and oxygen atoms in total. The van der Waals surface area contributed by atoms with Gasteiger partial charge in [-0.3, -0.25) is 9.36 Å². The van der Waals surface area contributed by atoms with Crippen LogP contribution >= 0.6 is 11.6 Å². The second-order valence-corrected chi connectivity index (χ2v) is 8.00. The summed E-state index contributed by atoms with van der Waals surface area (Å²) in [5.41, 5.74) is -0.118. The summed E-state index contributed by atoms with van der Waals surface area (Å²) >= 11 is 6.10. The Balaban J connectivity index is 2.66. The van der Waals surface area contributed by atoms with Crippen molar-refractivity contribution in [1.82, 2.24) is 4.57 Å². The number of rotatable bonds is 5. The molecule has 0 aliphatic carbocycles. The van der Waals surface area contributed by atoms with E-state index in [4.69, 9.17) is 16.7 Å². The number of nitrogens with zero attached hydrogens (tertiary/aromatic N) is 4. The third-order valence-electron chi connectivity index (χ3n) is 4.48. The van der Waals surface area contributed by atoms with E-state index in [0.717, 1.165) is 10.1 Å². The van der Waals surface area contributed by atoms with Gasteiger partial charge in [-0.2, -0.15) is 5.26 Å². The van der Waals surface area contributed by atoms with E-state index in [-0.39, 0.29) is 58.3 Å². The van der Waals surface area contributed by atoms with Crippen LogP contribution in [0.3, 0.4) is 0 Å². The van der Waals surface area contributed by atoms with Crippen molar-refractivity contribution in [3.8, 4) is 17.7 Å². The molecule has 2 rings (SSSR count). The van der Waals surface area contributed by atoms with Gasteiger partial charge in [-0.25, -0.2) is 0 Å². The van der Waals surface area contributed by atoms with Gasteiger partial charge < -0.3 is 15.3 Å².